The van der Waals surface area contributed by atoms with Crippen molar-refractivity contribution in [1.82, 2.24) is 24.1 Å². The zero-order valence-corrected chi connectivity index (χ0v) is 35.2. The lowest BCUT2D eigenvalue weighted by Gasteiger charge is -2.19. The molecule has 0 saturated carbocycles. The summed E-state index contributed by atoms with van der Waals surface area (Å²) in [5.74, 6) is 1.82. The van der Waals surface area contributed by atoms with Gasteiger partial charge in [0.05, 0.1) is 39.0 Å². The Morgan fingerprint density at radius 3 is 1.33 bits per heavy atom. The lowest BCUT2D eigenvalue weighted by Crippen LogP contribution is -2.07. The molecule has 0 saturated heterocycles. The molecule has 3 aromatic heterocycles. The van der Waals surface area contributed by atoms with Crippen LogP contribution in [0.4, 0.5) is 0 Å². The van der Waals surface area contributed by atoms with E-state index in [0.29, 0.717) is 23.0 Å². The Labute approximate surface area is 350 Å². The minimum atomic E-state index is 0.541. The van der Waals surface area contributed by atoms with E-state index >= 15 is 0 Å². The molecular formula is C54H44N6. The van der Waals surface area contributed by atoms with Crippen LogP contribution in [-0.2, 0) is 0 Å². The monoisotopic (exact) mass is 776 g/mol. The van der Waals surface area contributed by atoms with Crippen LogP contribution in [0.5, 0.6) is 0 Å². The van der Waals surface area contributed by atoms with Gasteiger partial charge < -0.3 is 9.13 Å². The first-order chi connectivity index (χ1) is 29.0. The van der Waals surface area contributed by atoms with Crippen LogP contribution >= 0.6 is 0 Å². The van der Waals surface area contributed by atoms with E-state index in [-0.39, 0.29) is 0 Å². The van der Waals surface area contributed by atoms with Crippen LogP contribution < -0.4 is 0 Å². The normalized spacial score (nSPS) is 11.7. The van der Waals surface area contributed by atoms with Crippen molar-refractivity contribution in [2.24, 2.45) is 0 Å². The van der Waals surface area contributed by atoms with Gasteiger partial charge in [-0.1, -0.05) is 96.1 Å². The van der Waals surface area contributed by atoms with E-state index in [2.05, 4.69) is 177 Å². The molecule has 0 fully saturated rings. The highest BCUT2D eigenvalue weighted by Gasteiger charge is 2.24. The molecule has 60 heavy (non-hydrogen) atoms. The Hall–Kier alpha value is -7.36. The molecule has 0 aliphatic heterocycles. The van der Waals surface area contributed by atoms with Crippen LogP contribution in [-0.4, -0.2) is 24.1 Å². The van der Waals surface area contributed by atoms with Gasteiger partial charge in [0.2, 0.25) is 0 Å². The second-order valence-electron chi connectivity index (χ2n) is 16.5. The van der Waals surface area contributed by atoms with Gasteiger partial charge in [-0.2, -0.15) is 5.26 Å². The summed E-state index contributed by atoms with van der Waals surface area (Å²) < 4.78 is 4.56. The maximum absolute atomic E-state index is 11.3. The molecule has 0 amide bonds. The number of hydrogen-bond acceptors (Lipinski definition) is 4. The van der Waals surface area contributed by atoms with Gasteiger partial charge in [0, 0.05) is 27.1 Å². The van der Waals surface area contributed by atoms with Crippen molar-refractivity contribution in [2.45, 2.75) is 55.4 Å². The molecule has 0 atom stereocenters. The van der Waals surface area contributed by atoms with Gasteiger partial charge in [-0.05, 0) is 136 Å². The Morgan fingerprint density at radius 2 is 0.867 bits per heavy atom. The van der Waals surface area contributed by atoms with E-state index in [1.165, 1.54) is 44.5 Å². The van der Waals surface area contributed by atoms with Crippen LogP contribution in [0.2, 0.25) is 0 Å². The number of nitrogens with zero attached hydrogens (tertiary/aromatic N) is 6. The molecule has 10 aromatic rings. The summed E-state index contributed by atoms with van der Waals surface area (Å²) >= 11 is 0. The first kappa shape index (κ1) is 36.9. The quantitative estimate of drug-likeness (QED) is 0.174. The highest BCUT2D eigenvalue weighted by molar-refractivity contribution is 6.12. The van der Waals surface area contributed by atoms with Crippen molar-refractivity contribution >= 4 is 43.6 Å². The fourth-order valence-electron chi connectivity index (χ4n) is 9.99. The molecular weight excluding hydrogens is 733 g/mol. The van der Waals surface area contributed by atoms with Gasteiger partial charge in [0.25, 0.3) is 0 Å². The van der Waals surface area contributed by atoms with Gasteiger partial charge in [-0.15, -0.1) is 0 Å². The van der Waals surface area contributed by atoms with E-state index in [1.54, 1.807) is 0 Å². The number of para-hydroxylation sites is 2. The lowest BCUT2D eigenvalue weighted by atomic mass is 9.93. The molecule has 0 radical (unpaired) electrons. The number of aryl methyl sites for hydroxylation is 8. The molecule has 6 heteroatoms. The predicted octanol–water partition coefficient (Wildman–Crippen LogP) is 13.4. The zero-order valence-electron chi connectivity index (χ0n) is 35.2. The van der Waals surface area contributed by atoms with E-state index in [1.807, 2.05) is 19.9 Å². The number of benzene rings is 7. The SMILES string of the molecule is Cc1cc(C)c(-c2ccc3c4ccccc4n(-c4cc(-c5nc(C)nc(C)n5)c(-n5c6ccccc6c6ccc(-c7c(C)cc(C)cc7C)cc65)cc4C#N)c3c2)c(C)c1. The van der Waals surface area contributed by atoms with Gasteiger partial charge in [-0.25, -0.2) is 15.0 Å². The van der Waals surface area contributed by atoms with Crippen molar-refractivity contribution < 1.29 is 0 Å². The molecule has 3 heterocycles. The second kappa shape index (κ2) is 13.9. The Kier molecular flexibility index (Phi) is 8.55. The Morgan fingerprint density at radius 1 is 0.433 bits per heavy atom. The van der Waals surface area contributed by atoms with Crippen molar-refractivity contribution in [2.75, 3.05) is 0 Å². The minimum Gasteiger partial charge on any atom is -0.308 e. The third-order valence-electron chi connectivity index (χ3n) is 12.1. The van der Waals surface area contributed by atoms with Gasteiger partial charge in [0.15, 0.2) is 5.82 Å². The fourth-order valence-corrected chi connectivity index (χ4v) is 9.99. The highest BCUT2D eigenvalue weighted by Crippen LogP contribution is 2.42. The van der Waals surface area contributed by atoms with E-state index in [4.69, 9.17) is 9.97 Å². The standard InChI is InChI=1S/C54H44N6/c1-30-21-32(3)52(33(4)22-30)38-17-19-43-41-13-9-11-15-46(41)59(49(43)25-38)48-28-45(54-57-36(7)56-37(8)58-54)51(27-40(48)29-55)60-47-16-12-10-14-42(47)44-20-18-39(26-50(44)60)53-34(5)23-31(2)24-35(53)6/h9-28H,1-8H3. The summed E-state index contributed by atoms with van der Waals surface area (Å²) in [4.78, 5) is 14.6. The number of rotatable bonds is 5. The number of aromatic nitrogens is 5. The fraction of sp³-hybridized carbons (Fsp3) is 0.148. The third-order valence-corrected chi connectivity index (χ3v) is 12.1. The number of fused-ring (bicyclic) bond motifs is 6. The Bertz CT molecular complexity index is 3410. The summed E-state index contributed by atoms with van der Waals surface area (Å²) in [5, 5.41) is 15.8. The smallest absolute Gasteiger partial charge is 0.165 e. The summed E-state index contributed by atoms with van der Waals surface area (Å²) in [5.41, 5.74) is 19.3. The summed E-state index contributed by atoms with van der Waals surface area (Å²) in [6, 6.07) is 46.3. The first-order valence-electron chi connectivity index (χ1n) is 20.5. The molecule has 0 aliphatic rings. The molecule has 0 spiro atoms. The van der Waals surface area contributed by atoms with Crippen molar-refractivity contribution in [3.8, 4) is 51.1 Å². The molecule has 0 bridgehead atoms. The Balaban J connectivity index is 1.32. The third kappa shape index (κ3) is 5.80. The number of hydrogen-bond donors (Lipinski definition) is 0. The van der Waals surface area contributed by atoms with Gasteiger partial charge in [-0.3, -0.25) is 0 Å². The van der Waals surface area contributed by atoms with E-state index < -0.39 is 0 Å². The molecule has 0 N–H and O–H groups in total. The summed E-state index contributed by atoms with van der Waals surface area (Å²) in [7, 11) is 0. The average molecular weight is 777 g/mol. The van der Waals surface area contributed by atoms with Crippen LogP contribution in [0.25, 0.3) is 88.6 Å². The maximum atomic E-state index is 11.3. The molecule has 0 aliphatic carbocycles. The molecule has 0 unspecified atom stereocenters. The highest BCUT2D eigenvalue weighted by atomic mass is 15.1. The zero-order chi connectivity index (χ0) is 41.6. The van der Waals surface area contributed by atoms with Crippen molar-refractivity contribution in [1.29, 1.82) is 5.26 Å². The van der Waals surface area contributed by atoms with Crippen LogP contribution in [0.1, 0.15) is 50.6 Å². The molecule has 7 aromatic carbocycles. The summed E-state index contributed by atoms with van der Waals surface area (Å²) in [6.07, 6.45) is 0. The maximum Gasteiger partial charge on any atom is 0.165 e. The minimum absolute atomic E-state index is 0.541. The van der Waals surface area contributed by atoms with Crippen LogP contribution in [0.3, 0.4) is 0 Å². The van der Waals surface area contributed by atoms with Crippen LogP contribution in [0, 0.1) is 66.7 Å². The van der Waals surface area contributed by atoms with Crippen molar-refractivity contribution in [3.05, 3.63) is 172 Å². The van der Waals surface area contributed by atoms with Crippen molar-refractivity contribution in [3.63, 3.8) is 0 Å². The van der Waals surface area contributed by atoms with Gasteiger partial charge in [0.1, 0.15) is 17.7 Å². The topological polar surface area (TPSA) is 72.3 Å². The largest absolute Gasteiger partial charge is 0.308 e. The average Bonchev–Trinajstić information content (AvgIpc) is 3.71. The molecule has 10 rings (SSSR count). The molecule has 6 nitrogen and oxygen atoms in total. The van der Waals surface area contributed by atoms with Gasteiger partial charge >= 0.3 is 0 Å². The number of nitriles is 1. The van der Waals surface area contributed by atoms with E-state index in [0.717, 1.165) is 71.7 Å². The van der Waals surface area contributed by atoms with Crippen LogP contribution in [0.15, 0.2) is 121 Å². The lowest BCUT2D eigenvalue weighted by molar-refractivity contribution is 0.926. The molecule has 290 valence electrons. The summed E-state index contributed by atoms with van der Waals surface area (Å²) in [6.45, 7) is 16.9. The predicted molar refractivity (Wildman–Crippen MR) is 247 cm³/mol. The first-order valence-corrected chi connectivity index (χ1v) is 20.5. The van der Waals surface area contributed by atoms with E-state index in [9.17, 15) is 5.26 Å². The second-order valence-corrected chi connectivity index (χ2v) is 16.5.